The van der Waals surface area contributed by atoms with E-state index < -0.39 is 0 Å². The van der Waals surface area contributed by atoms with Gasteiger partial charge in [-0.3, -0.25) is 0 Å². The quantitative estimate of drug-likeness (QED) is 0.808. The zero-order chi connectivity index (χ0) is 13.9. The fourth-order valence-electron chi connectivity index (χ4n) is 2.90. The predicted molar refractivity (Wildman–Crippen MR) is 86.5 cm³/mol. The summed E-state index contributed by atoms with van der Waals surface area (Å²) in [7, 11) is 0. The largest absolute Gasteiger partial charge is 0.493 e. The molecule has 3 rings (SSSR count). The molecule has 0 amide bonds. The SMILES string of the molecule is CC(CCNC1CC1)CCc1cc(Br)cc2c1OCC2. The van der Waals surface area contributed by atoms with Crippen molar-refractivity contribution in [1.82, 2.24) is 5.32 Å². The molecule has 110 valence electrons. The molecule has 2 nitrogen and oxygen atoms in total. The van der Waals surface area contributed by atoms with Crippen LogP contribution in [-0.4, -0.2) is 19.2 Å². The summed E-state index contributed by atoms with van der Waals surface area (Å²) < 4.78 is 7.00. The summed E-state index contributed by atoms with van der Waals surface area (Å²) in [5.74, 6) is 1.94. The minimum absolute atomic E-state index is 0.775. The van der Waals surface area contributed by atoms with Crippen LogP contribution in [0.25, 0.3) is 0 Å². The van der Waals surface area contributed by atoms with Crippen LogP contribution in [0.15, 0.2) is 16.6 Å². The van der Waals surface area contributed by atoms with Crippen LogP contribution in [0.4, 0.5) is 0 Å². The number of ether oxygens (including phenoxy) is 1. The highest BCUT2D eigenvalue weighted by Crippen LogP contribution is 2.34. The topological polar surface area (TPSA) is 21.3 Å². The Hall–Kier alpha value is -0.540. The van der Waals surface area contributed by atoms with Crippen LogP contribution in [0.1, 0.15) is 43.7 Å². The first-order valence-corrected chi connectivity index (χ1v) is 8.69. The van der Waals surface area contributed by atoms with Crippen LogP contribution >= 0.6 is 15.9 Å². The molecule has 2 aliphatic rings. The monoisotopic (exact) mass is 337 g/mol. The summed E-state index contributed by atoms with van der Waals surface area (Å²) in [6.45, 7) is 4.40. The molecular formula is C17H24BrNO. The van der Waals surface area contributed by atoms with Crippen molar-refractivity contribution in [1.29, 1.82) is 0 Å². The second-order valence-corrected chi connectivity index (χ2v) is 7.23. The lowest BCUT2D eigenvalue weighted by atomic mass is 9.96. The maximum absolute atomic E-state index is 5.80. The molecule has 1 heterocycles. The average molecular weight is 338 g/mol. The van der Waals surface area contributed by atoms with Gasteiger partial charge in [0.1, 0.15) is 5.75 Å². The van der Waals surface area contributed by atoms with Gasteiger partial charge in [-0.15, -0.1) is 0 Å². The Balaban J connectivity index is 1.49. The van der Waals surface area contributed by atoms with Gasteiger partial charge >= 0.3 is 0 Å². The van der Waals surface area contributed by atoms with Gasteiger partial charge in [0.25, 0.3) is 0 Å². The second kappa shape index (κ2) is 6.48. The molecule has 20 heavy (non-hydrogen) atoms. The lowest BCUT2D eigenvalue weighted by molar-refractivity contribution is 0.352. The van der Waals surface area contributed by atoms with Gasteiger partial charge in [-0.2, -0.15) is 0 Å². The van der Waals surface area contributed by atoms with Crippen molar-refractivity contribution in [2.75, 3.05) is 13.2 Å². The van der Waals surface area contributed by atoms with Crippen LogP contribution in [0.5, 0.6) is 5.75 Å². The van der Waals surface area contributed by atoms with E-state index in [0.717, 1.165) is 37.2 Å². The average Bonchev–Trinajstić information content (AvgIpc) is 3.12. The summed E-state index contributed by atoms with van der Waals surface area (Å²) >= 11 is 3.62. The lowest BCUT2D eigenvalue weighted by Crippen LogP contribution is -2.19. The van der Waals surface area contributed by atoms with E-state index >= 15 is 0 Å². The van der Waals surface area contributed by atoms with Crippen LogP contribution in [-0.2, 0) is 12.8 Å². The van der Waals surface area contributed by atoms with Crippen molar-refractivity contribution in [3.05, 3.63) is 27.7 Å². The van der Waals surface area contributed by atoms with Crippen molar-refractivity contribution in [3.8, 4) is 5.75 Å². The minimum atomic E-state index is 0.775. The Kier molecular flexibility index (Phi) is 4.67. The lowest BCUT2D eigenvalue weighted by Gasteiger charge is -2.14. The molecule has 0 aromatic heterocycles. The zero-order valence-electron chi connectivity index (χ0n) is 12.3. The van der Waals surface area contributed by atoms with E-state index in [2.05, 4.69) is 40.3 Å². The van der Waals surface area contributed by atoms with Crippen molar-refractivity contribution in [3.63, 3.8) is 0 Å². The van der Waals surface area contributed by atoms with Gasteiger partial charge in [-0.25, -0.2) is 0 Å². The summed E-state index contributed by atoms with van der Waals surface area (Å²) in [5, 5.41) is 3.60. The predicted octanol–water partition coefficient (Wildman–Crippen LogP) is 4.09. The number of rotatable bonds is 7. The highest BCUT2D eigenvalue weighted by molar-refractivity contribution is 9.10. The van der Waals surface area contributed by atoms with E-state index in [1.54, 1.807) is 0 Å². The first kappa shape index (κ1) is 14.4. The highest BCUT2D eigenvalue weighted by Gasteiger charge is 2.20. The number of halogens is 1. The van der Waals surface area contributed by atoms with E-state index in [0.29, 0.717) is 0 Å². The first-order chi connectivity index (χ1) is 9.72. The van der Waals surface area contributed by atoms with E-state index in [1.165, 1.54) is 47.8 Å². The van der Waals surface area contributed by atoms with Crippen LogP contribution in [0.2, 0.25) is 0 Å². The first-order valence-electron chi connectivity index (χ1n) is 7.90. The Morgan fingerprint density at radius 2 is 2.20 bits per heavy atom. The molecule has 0 saturated heterocycles. The Morgan fingerprint density at radius 3 is 3.00 bits per heavy atom. The number of benzene rings is 1. The third kappa shape index (κ3) is 3.76. The van der Waals surface area contributed by atoms with Gasteiger partial charge in [0.15, 0.2) is 0 Å². The third-order valence-corrected chi connectivity index (χ3v) is 4.84. The number of hydrogen-bond donors (Lipinski definition) is 1. The molecule has 0 bridgehead atoms. The smallest absolute Gasteiger partial charge is 0.125 e. The fraction of sp³-hybridized carbons (Fsp3) is 0.647. The Labute approximate surface area is 130 Å². The van der Waals surface area contributed by atoms with E-state index in [1.807, 2.05) is 0 Å². The molecule has 3 heteroatoms. The fourth-order valence-corrected chi connectivity index (χ4v) is 3.45. The normalized spacial score (nSPS) is 18.7. The number of aryl methyl sites for hydroxylation is 1. The molecule has 1 atom stereocenters. The molecule has 1 fully saturated rings. The minimum Gasteiger partial charge on any atom is -0.493 e. The van der Waals surface area contributed by atoms with E-state index in [9.17, 15) is 0 Å². The number of fused-ring (bicyclic) bond motifs is 1. The molecule has 1 unspecified atom stereocenters. The van der Waals surface area contributed by atoms with E-state index in [4.69, 9.17) is 4.74 Å². The number of hydrogen-bond acceptors (Lipinski definition) is 2. The summed E-state index contributed by atoms with van der Waals surface area (Å²) in [6, 6.07) is 5.28. The van der Waals surface area contributed by atoms with Crippen molar-refractivity contribution in [2.45, 2.75) is 51.5 Å². The summed E-state index contributed by atoms with van der Waals surface area (Å²) in [6.07, 6.45) is 7.49. The molecule has 0 spiro atoms. The third-order valence-electron chi connectivity index (χ3n) is 4.38. The number of nitrogens with one attached hydrogen (secondary N) is 1. The summed E-state index contributed by atoms with van der Waals surface area (Å²) in [4.78, 5) is 0. The van der Waals surface area contributed by atoms with Gasteiger partial charge in [-0.1, -0.05) is 22.9 Å². The van der Waals surface area contributed by atoms with Gasteiger partial charge in [-0.05, 0) is 67.8 Å². The molecule has 1 aliphatic heterocycles. The maximum atomic E-state index is 5.80. The Bertz CT molecular complexity index is 470. The molecular weight excluding hydrogens is 314 g/mol. The van der Waals surface area contributed by atoms with Crippen LogP contribution in [0, 0.1) is 5.92 Å². The van der Waals surface area contributed by atoms with E-state index in [-0.39, 0.29) is 0 Å². The standard InChI is InChI=1S/C17H24BrNO/c1-12(6-8-19-16-4-5-16)2-3-13-10-15(18)11-14-7-9-20-17(13)14/h10-12,16,19H,2-9H2,1H3. The van der Waals surface area contributed by atoms with Gasteiger partial charge < -0.3 is 10.1 Å². The zero-order valence-corrected chi connectivity index (χ0v) is 13.8. The molecule has 1 aliphatic carbocycles. The van der Waals surface area contributed by atoms with Gasteiger partial charge in [0, 0.05) is 16.9 Å². The Morgan fingerprint density at radius 1 is 1.35 bits per heavy atom. The molecule has 0 radical (unpaired) electrons. The van der Waals surface area contributed by atoms with Crippen LogP contribution in [0.3, 0.4) is 0 Å². The molecule has 1 aromatic rings. The molecule has 1 N–H and O–H groups in total. The van der Waals surface area contributed by atoms with Crippen molar-refractivity contribution in [2.24, 2.45) is 5.92 Å². The summed E-state index contributed by atoms with van der Waals surface area (Å²) in [5.41, 5.74) is 2.76. The van der Waals surface area contributed by atoms with Crippen LogP contribution < -0.4 is 10.1 Å². The maximum Gasteiger partial charge on any atom is 0.125 e. The van der Waals surface area contributed by atoms with Gasteiger partial charge in [0.05, 0.1) is 6.61 Å². The van der Waals surface area contributed by atoms with Crippen molar-refractivity contribution >= 4 is 15.9 Å². The van der Waals surface area contributed by atoms with Gasteiger partial charge in [0.2, 0.25) is 0 Å². The highest BCUT2D eigenvalue weighted by atomic mass is 79.9. The molecule has 1 aromatic carbocycles. The molecule has 1 saturated carbocycles. The van der Waals surface area contributed by atoms with Crippen molar-refractivity contribution < 1.29 is 4.74 Å². The second-order valence-electron chi connectivity index (χ2n) is 6.31.